The van der Waals surface area contributed by atoms with Gasteiger partial charge in [-0.3, -0.25) is 0 Å². The monoisotopic (exact) mass is 264 g/mol. The lowest BCUT2D eigenvalue weighted by Gasteiger charge is -2.04. The summed E-state index contributed by atoms with van der Waals surface area (Å²) in [5, 5.41) is 9.34. The van der Waals surface area contributed by atoms with E-state index in [0.29, 0.717) is 0 Å². The Kier molecular flexibility index (Phi) is 3.17. The van der Waals surface area contributed by atoms with Crippen molar-refractivity contribution in [3.63, 3.8) is 0 Å². The van der Waals surface area contributed by atoms with E-state index >= 15 is 0 Å². The van der Waals surface area contributed by atoms with Crippen LogP contribution in [0.2, 0.25) is 5.02 Å². The topological polar surface area (TPSA) is 46.5 Å². The molecule has 0 amide bonds. The van der Waals surface area contributed by atoms with Crippen molar-refractivity contribution >= 4 is 33.5 Å². The Bertz CT molecular complexity index is 351. The lowest BCUT2D eigenvalue weighted by Crippen LogP contribution is -2.01. The number of hydrogen-bond acceptors (Lipinski definition) is 3. The number of esters is 1. The normalized spacial score (nSPS) is 9.77. The first-order valence-corrected chi connectivity index (χ1v) is 4.50. The van der Waals surface area contributed by atoms with E-state index in [1.165, 1.54) is 19.2 Å². The first kappa shape index (κ1) is 10.3. The Labute approximate surface area is 88.4 Å². The van der Waals surface area contributed by atoms with Crippen LogP contribution in [0.5, 0.6) is 5.75 Å². The maximum Gasteiger partial charge on any atom is 0.339 e. The number of halogens is 2. The summed E-state index contributed by atoms with van der Waals surface area (Å²) in [5.41, 5.74) is 0.217. The molecule has 0 unspecified atom stereocenters. The fourth-order valence-corrected chi connectivity index (χ4v) is 1.39. The van der Waals surface area contributed by atoms with Crippen LogP contribution in [-0.4, -0.2) is 18.2 Å². The Morgan fingerprint density at radius 2 is 2.23 bits per heavy atom. The van der Waals surface area contributed by atoms with E-state index in [9.17, 15) is 9.90 Å². The molecule has 5 heteroatoms. The zero-order chi connectivity index (χ0) is 10.0. The summed E-state index contributed by atoms with van der Waals surface area (Å²) in [4.78, 5) is 11.1. The van der Waals surface area contributed by atoms with Crippen molar-refractivity contribution < 1.29 is 14.6 Å². The van der Waals surface area contributed by atoms with Crippen molar-refractivity contribution in [2.45, 2.75) is 0 Å². The molecule has 3 nitrogen and oxygen atoms in total. The Morgan fingerprint density at radius 3 is 2.77 bits per heavy atom. The second kappa shape index (κ2) is 3.98. The average Bonchev–Trinajstić information content (AvgIpc) is 2.13. The van der Waals surface area contributed by atoms with Gasteiger partial charge in [0.15, 0.2) is 0 Å². The summed E-state index contributed by atoms with van der Waals surface area (Å²) in [6.07, 6.45) is 0. The molecule has 0 bridgehead atoms. The molecule has 0 heterocycles. The number of phenols is 1. The van der Waals surface area contributed by atoms with Gasteiger partial charge in [-0.1, -0.05) is 11.6 Å². The largest absolute Gasteiger partial charge is 0.507 e. The highest BCUT2D eigenvalue weighted by Gasteiger charge is 2.14. The molecular weight excluding hydrogens is 259 g/mol. The van der Waals surface area contributed by atoms with Gasteiger partial charge in [0.05, 0.1) is 22.2 Å². The molecular formula is C8H6BrClO3. The second-order valence-corrected chi connectivity index (χ2v) is 3.42. The predicted molar refractivity (Wildman–Crippen MR) is 52.2 cm³/mol. The van der Waals surface area contributed by atoms with Gasteiger partial charge in [-0.2, -0.15) is 0 Å². The van der Waals surface area contributed by atoms with Crippen LogP contribution in [0.3, 0.4) is 0 Å². The third kappa shape index (κ3) is 1.95. The number of carbonyl (C=O) groups is 1. The van der Waals surface area contributed by atoms with Crippen molar-refractivity contribution in [3.05, 3.63) is 27.2 Å². The minimum absolute atomic E-state index is 0.0161. The van der Waals surface area contributed by atoms with Crippen molar-refractivity contribution in [3.8, 4) is 5.75 Å². The van der Waals surface area contributed by atoms with Crippen LogP contribution in [0.15, 0.2) is 16.6 Å². The zero-order valence-electron chi connectivity index (χ0n) is 6.67. The molecule has 0 aliphatic heterocycles. The summed E-state index contributed by atoms with van der Waals surface area (Å²) in [5.74, 6) is -0.552. The average molecular weight is 265 g/mol. The predicted octanol–water partition coefficient (Wildman–Crippen LogP) is 2.59. The standard InChI is InChI=1S/C8H6BrClO3/c1-13-8(12)4-2-3-5(11)6(9)7(4)10/h2-3,11H,1H3. The summed E-state index contributed by atoms with van der Waals surface area (Å²) >= 11 is 8.80. The Hall–Kier alpha value is -0.740. The van der Waals surface area contributed by atoms with Crippen molar-refractivity contribution in [2.24, 2.45) is 0 Å². The van der Waals surface area contributed by atoms with Crippen LogP contribution in [0, 0.1) is 0 Å². The van der Waals surface area contributed by atoms with E-state index in [1.807, 2.05) is 0 Å². The molecule has 0 fully saturated rings. The van der Waals surface area contributed by atoms with Crippen molar-refractivity contribution in [1.29, 1.82) is 0 Å². The van der Waals surface area contributed by atoms with Gasteiger partial charge in [0, 0.05) is 0 Å². The lowest BCUT2D eigenvalue weighted by atomic mass is 10.2. The van der Waals surface area contributed by atoms with E-state index in [0.717, 1.165) is 0 Å². The highest BCUT2D eigenvalue weighted by atomic mass is 79.9. The number of phenolic OH excluding ortho intramolecular Hbond substituents is 1. The fraction of sp³-hybridized carbons (Fsp3) is 0.125. The minimum Gasteiger partial charge on any atom is -0.507 e. The van der Waals surface area contributed by atoms with E-state index in [-0.39, 0.29) is 20.8 Å². The SMILES string of the molecule is COC(=O)c1ccc(O)c(Br)c1Cl. The first-order chi connectivity index (χ1) is 6.07. The molecule has 1 N–H and O–H groups in total. The fourth-order valence-electron chi connectivity index (χ4n) is 0.807. The number of benzene rings is 1. The number of ether oxygens (including phenoxy) is 1. The first-order valence-electron chi connectivity index (χ1n) is 3.33. The Morgan fingerprint density at radius 1 is 1.62 bits per heavy atom. The molecule has 0 aromatic heterocycles. The van der Waals surface area contributed by atoms with Gasteiger partial charge in [-0.05, 0) is 28.1 Å². The van der Waals surface area contributed by atoms with Crippen LogP contribution in [0.4, 0.5) is 0 Å². The van der Waals surface area contributed by atoms with E-state index in [1.54, 1.807) is 0 Å². The number of methoxy groups -OCH3 is 1. The zero-order valence-corrected chi connectivity index (χ0v) is 9.02. The quantitative estimate of drug-likeness (QED) is 0.794. The van der Waals surface area contributed by atoms with Crippen LogP contribution >= 0.6 is 27.5 Å². The number of carbonyl (C=O) groups excluding carboxylic acids is 1. The number of aromatic hydroxyl groups is 1. The van der Waals surface area contributed by atoms with Gasteiger partial charge in [0.2, 0.25) is 0 Å². The highest BCUT2D eigenvalue weighted by Crippen LogP contribution is 2.34. The van der Waals surface area contributed by atoms with Crippen LogP contribution < -0.4 is 0 Å². The maximum atomic E-state index is 11.1. The van der Waals surface area contributed by atoms with Gasteiger partial charge in [0.25, 0.3) is 0 Å². The van der Waals surface area contributed by atoms with Gasteiger partial charge >= 0.3 is 5.97 Å². The van der Waals surface area contributed by atoms with Crippen molar-refractivity contribution in [2.75, 3.05) is 7.11 Å². The van der Waals surface area contributed by atoms with Gasteiger partial charge < -0.3 is 9.84 Å². The molecule has 13 heavy (non-hydrogen) atoms. The van der Waals surface area contributed by atoms with E-state index in [2.05, 4.69) is 20.7 Å². The molecule has 70 valence electrons. The highest BCUT2D eigenvalue weighted by molar-refractivity contribution is 9.10. The summed E-state index contributed by atoms with van der Waals surface area (Å²) in [6, 6.07) is 2.76. The third-order valence-corrected chi connectivity index (χ3v) is 2.89. The smallest absolute Gasteiger partial charge is 0.339 e. The minimum atomic E-state index is -0.536. The summed E-state index contributed by atoms with van der Waals surface area (Å²) < 4.78 is 4.78. The number of rotatable bonds is 1. The Balaban J connectivity index is 3.26. The van der Waals surface area contributed by atoms with E-state index < -0.39 is 5.97 Å². The molecule has 0 saturated heterocycles. The maximum absolute atomic E-state index is 11.1. The van der Waals surface area contributed by atoms with Crippen LogP contribution in [0.1, 0.15) is 10.4 Å². The molecule has 1 aromatic rings. The van der Waals surface area contributed by atoms with Crippen molar-refractivity contribution in [1.82, 2.24) is 0 Å². The molecule has 0 saturated carbocycles. The van der Waals surface area contributed by atoms with Gasteiger partial charge in [-0.15, -0.1) is 0 Å². The molecule has 1 aromatic carbocycles. The lowest BCUT2D eigenvalue weighted by molar-refractivity contribution is 0.0601. The second-order valence-electron chi connectivity index (χ2n) is 2.25. The van der Waals surface area contributed by atoms with Gasteiger partial charge in [-0.25, -0.2) is 4.79 Å². The molecule has 0 spiro atoms. The molecule has 0 aliphatic rings. The number of hydrogen-bond donors (Lipinski definition) is 1. The molecule has 0 atom stereocenters. The summed E-state index contributed by atoms with van der Waals surface area (Å²) in [6.45, 7) is 0. The van der Waals surface area contributed by atoms with Gasteiger partial charge in [0.1, 0.15) is 5.75 Å². The molecule has 1 rings (SSSR count). The molecule has 0 aliphatic carbocycles. The van der Waals surface area contributed by atoms with Crippen LogP contribution in [0.25, 0.3) is 0 Å². The van der Waals surface area contributed by atoms with Crippen LogP contribution in [-0.2, 0) is 4.74 Å². The summed E-state index contributed by atoms with van der Waals surface area (Å²) in [7, 11) is 1.26. The van der Waals surface area contributed by atoms with E-state index in [4.69, 9.17) is 11.6 Å². The molecule has 0 radical (unpaired) electrons. The third-order valence-electron chi connectivity index (χ3n) is 1.47.